The lowest BCUT2D eigenvalue weighted by atomic mass is 10.3. The minimum atomic E-state index is 0.889. The van der Waals surface area contributed by atoms with E-state index in [2.05, 4.69) is 19.2 Å². The van der Waals surface area contributed by atoms with Gasteiger partial charge in [-0.1, -0.05) is 13.3 Å². The van der Waals surface area contributed by atoms with Crippen molar-refractivity contribution in [3.63, 3.8) is 0 Å². The zero-order valence-electron chi connectivity index (χ0n) is 5.12. The average Bonchev–Trinajstić information content (AvgIpc) is 1.69. The van der Waals surface area contributed by atoms with Gasteiger partial charge < -0.3 is 0 Å². The summed E-state index contributed by atoms with van der Waals surface area (Å²) >= 11 is 0. The van der Waals surface area contributed by atoms with E-state index in [0.717, 1.165) is 12.8 Å². The van der Waals surface area contributed by atoms with Crippen LogP contribution < -0.4 is 0 Å². The molecule has 0 aliphatic rings. The molecule has 34 valence electrons. The quantitative estimate of drug-likeness (QED) is 0.353. The van der Waals surface area contributed by atoms with Crippen LogP contribution in [0.4, 0.5) is 0 Å². The van der Waals surface area contributed by atoms with Crippen LogP contribution in [0.1, 0.15) is 27.6 Å². The van der Waals surface area contributed by atoms with Crippen LogP contribution in [-0.4, -0.2) is 0 Å². The minimum absolute atomic E-state index is 0.889. The lowest BCUT2D eigenvalue weighted by Gasteiger charge is -1.79. The van der Waals surface area contributed by atoms with Crippen LogP contribution in [0, 0.1) is 12.3 Å². The third-order valence-electron chi connectivity index (χ3n) is 0.655. The monoisotopic (exact) mass is 83.1 g/mol. The number of hydrogen-bond donors (Lipinski definition) is 0. The molecule has 0 aromatic carbocycles. The predicted molar refractivity (Wildman–Crippen MR) is 28.4 cm³/mol. The zero-order chi connectivity index (χ0) is 5.54. The Bertz CT molecular complexity index is 75.9. The van der Waals surface area contributed by atoms with E-state index in [9.17, 15) is 0 Å². The smallest absolute Gasteiger partial charge is 0.120 e. The average molecular weight is 83.2 g/mol. The van der Waals surface area contributed by atoms with Crippen molar-refractivity contribution in [2.24, 2.45) is 0 Å². The molecule has 0 unspecified atom stereocenters. The number of unbranched alkanes of at least 4 members (excludes halogenated alkanes) is 2. The highest BCUT2D eigenvalue weighted by Crippen LogP contribution is 1.88. The molecule has 0 aromatic rings. The normalized spacial score (nSPS) is 8.50. The highest BCUT2D eigenvalue weighted by atomic mass is 13.8. The molecule has 0 saturated heterocycles. The molecule has 0 aliphatic carbocycles. The van der Waals surface area contributed by atoms with E-state index in [0.29, 0.717) is 0 Å². The van der Waals surface area contributed by atoms with Crippen LogP contribution in [0.5, 0.6) is 0 Å². The summed E-state index contributed by atoms with van der Waals surface area (Å²) in [5, 5.41) is 0. The van der Waals surface area contributed by atoms with Crippen molar-refractivity contribution in [2.75, 3.05) is 0 Å². The van der Waals surface area contributed by atoms with E-state index in [1.54, 1.807) is 0 Å². The van der Waals surface area contributed by atoms with Crippen LogP contribution in [0.15, 0.2) is 0 Å². The first-order chi connectivity index (χ1) is 3.41. The van der Waals surface area contributed by atoms with Gasteiger partial charge in [0.2, 0.25) is 0 Å². The Kier molecular flexibility index (Phi) is 2.84. The maximum Gasteiger partial charge on any atom is 0.124 e. The molecule has 0 aromatic heterocycles. The standard InChI is InChI=1S/C6H10/c1-3-5-6-4-2/h1H,4-6H2,2H3/i1D. The van der Waals surface area contributed by atoms with Gasteiger partial charge in [0.15, 0.2) is 0 Å². The maximum atomic E-state index is 6.42. The lowest BCUT2D eigenvalue weighted by molar-refractivity contribution is 0.828. The number of terminal acetylenes is 1. The van der Waals surface area contributed by atoms with Crippen molar-refractivity contribution in [1.29, 1.82) is 0 Å². The van der Waals surface area contributed by atoms with Gasteiger partial charge in [-0.15, -0.1) is 12.3 Å². The summed E-state index contributed by atoms with van der Waals surface area (Å²) < 4.78 is 6.42. The molecule has 0 heteroatoms. The topological polar surface area (TPSA) is 0 Å². The molecule has 0 spiro atoms. The first kappa shape index (κ1) is 3.74. The zero-order valence-corrected chi connectivity index (χ0v) is 4.12. The molecule has 0 N–H and O–H groups in total. The number of hydrogen-bond acceptors (Lipinski definition) is 0. The maximum absolute atomic E-state index is 6.42. The summed E-state index contributed by atoms with van der Waals surface area (Å²) in [6.07, 6.45) is 5.30. The van der Waals surface area contributed by atoms with Crippen LogP contribution >= 0.6 is 0 Å². The summed E-state index contributed by atoms with van der Waals surface area (Å²) in [4.78, 5) is 0. The second-order valence-electron chi connectivity index (χ2n) is 1.28. The Morgan fingerprint density at radius 3 is 3.33 bits per heavy atom. The van der Waals surface area contributed by atoms with E-state index in [4.69, 9.17) is 1.37 Å². The van der Waals surface area contributed by atoms with Gasteiger partial charge in [0.25, 0.3) is 0 Å². The van der Waals surface area contributed by atoms with Gasteiger partial charge in [0.1, 0.15) is 1.37 Å². The molecule has 0 fully saturated rings. The molecular formula is C6H10. The van der Waals surface area contributed by atoms with Crippen molar-refractivity contribution in [3.05, 3.63) is 0 Å². The first-order valence-corrected chi connectivity index (χ1v) is 2.31. The van der Waals surface area contributed by atoms with Crippen molar-refractivity contribution < 1.29 is 1.37 Å². The largest absolute Gasteiger partial charge is 0.124 e. The van der Waals surface area contributed by atoms with Gasteiger partial charge >= 0.3 is 0 Å². The first-order valence-electron chi connectivity index (χ1n) is 2.81. The van der Waals surface area contributed by atoms with Crippen LogP contribution in [0.2, 0.25) is 0 Å². The molecule has 0 amide bonds. The second kappa shape index (κ2) is 4.56. The Hall–Kier alpha value is -0.440. The summed E-state index contributed by atoms with van der Waals surface area (Å²) in [6, 6.07) is 0. The summed E-state index contributed by atoms with van der Waals surface area (Å²) in [6.45, 7) is 2.12. The van der Waals surface area contributed by atoms with Gasteiger partial charge in [-0.05, 0) is 6.42 Å². The minimum Gasteiger partial charge on any atom is -0.120 e. The van der Waals surface area contributed by atoms with Gasteiger partial charge in [0.05, 0.1) is 0 Å². The molecule has 0 bridgehead atoms. The molecule has 0 rings (SSSR count). The highest BCUT2D eigenvalue weighted by Gasteiger charge is 1.71. The molecule has 0 radical (unpaired) electrons. The molecule has 0 saturated carbocycles. The Morgan fingerprint density at radius 2 is 2.83 bits per heavy atom. The Balaban J connectivity index is 2.78. The van der Waals surface area contributed by atoms with E-state index in [1.165, 1.54) is 6.42 Å². The Morgan fingerprint density at radius 1 is 2.00 bits per heavy atom. The van der Waals surface area contributed by atoms with Gasteiger partial charge in [-0.3, -0.25) is 0 Å². The lowest BCUT2D eigenvalue weighted by Crippen LogP contribution is -1.62. The fourth-order valence-corrected chi connectivity index (χ4v) is 0.265. The summed E-state index contributed by atoms with van der Waals surface area (Å²) in [5.41, 5.74) is 0. The van der Waals surface area contributed by atoms with Crippen LogP contribution in [-0.2, 0) is 0 Å². The van der Waals surface area contributed by atoms with Gasteiger partial charge in [0, 0.05) is 6.42 Å². The summed E-state index contributed by atoms with van der Waals surface area (Å²) in [7, 11) is 0. The van der Waals surface area contributed by atoms with E-state index in [1.807, 2.05) is 0 Å². The van der Waals surface area contributed by atoms with Crippen molar-refractivity contribution in [2.45, 2.75) is 26.2 Å². The Labute approximate surface area is 41.0 Å². The molecule has 0 heterocycles. The van der Waals surface area contributed by atoms with E-state index in [-0.39, 0.29) is 0 Å². The van der Waals surface area contributed by atoms with E-state index >= 15 is 0 Å². The predicted octanol–water partition coefficient (Wildman–Crippen LogP) is 1.81. The van der Waals surface area contributed by atoms with Crippen molar-refractivity contribution in [1.82, 2.24) is 0 Å². The van der Waals surface area contributed by atoms with Gasteiger partial charge in [-0.2, -0.15) is 0 Å². The molecule has 0 nitrogen and oxygen atoms in total. The molecule has 0 atom stereocenters. The fraction of sp³-hybridized carbons (Fsp3) is 0.667. The third kappa shape index (κ3) is 3.56. The van der Waals surface area contributed by atoms with Crippen molar-refractivity contribution in [3.8, 4) is 12.3 Å². The molecule has 6 heavy (non-hydrogen) atoms. The highest BCUT2D eigenvalue weighted by molar-refractivity contribution is 4.82. The second-order valence-corrected chi connectivity index (χ2v) is 1.28. The van der Waals surface area contributed by atoms with Crippen LogP contribution in [0.3, 0.4) is 0 Å². The molecule has 0 aliphatic heterocycles. The van der Waals surface area contributed by atoms with Gasteiger partial charge in [-0.25, -0.2) is 0 Å². The third-order valence-corrected chi connectivity index (χ3v) is 0.655. The fourth-order valence-electron chi connectivity index (χ4n) is 0.265. The summed E-state index contributed by atoms with van der Waals surface area (Å²) in [5.74, 6) is 2.67. The molecular weight excluding hydrogens is 72.1 g/mol. The number of rotatable bonds is 2. The van der Waals surface area contributed by atoms with Crippen LogP contribution in [0.25, 0.3) is 0 Å². The SMILES string of the molecule is [2H]C#CCCCC. The van der Waals surface area contributed by atoms with Crippen molar-refractivity contribution >= 4 is 0 Å². The van der Waals surface area contributed by atoms with E-state index < -0.39 is 0 Å².